The van der Waals surface area contributed by atoms with Gasteiger partial charge in [-0.1, -0.05) is 0 Å². The predicted octanol–water partition coefficient (Wildman–Crippen LogP) is 0.453. The van der Waals surface area contributed by atoms with Gasteiger partial charge in [0.15, 0.2) is 6.79 Å². The van der Waals surface area contributed by atoms with Gasteiger partial charge in [0.2, 0.25) is 0 Å². The second-order valence-corrected chi connectivity index (χ2v) is 1.60. The van der Waals surface area contributed by atoms with Crippen LogP contribution in [-0.4, -0.2) is 25.1 Å². The Morgan fingerprint density at radius 2 is 2.33 bits per heavy atom. The van der Waals surface area contributed by atoms with E-state index in [1.807, 2.05) is 6.92 Å². The largest absolute Gasteiger partial charge is 0.438 e. The summed E-state index contributed by atoms with van der Waals surface area (Å²) in [6.07, 6.45) is 0. The van der Waals surface area contributed by atoms with E-state index < -0.39 is 0 Å². The Kier molecular flexibility index (Phi) is 5.76. The van der Waals surface area contributed by atoms with Gasteiger partial charge in [0.1, 0.15) is 0 Å². The summed E-state index contributed by atoms with van der Waals surface area (Å²) in [6.45, 7) is 2.42. The third kappa shape index (κ3) is 5.65. The average Bonchev–Trinajstić information content (AvgIpc) is 1.89. The number of carbonyl (C=O) groups excluding carboxylic acids is 1. The van der Waals surface area contributed by atoms with E-state index in [-0.39, 0.29) is 18.5 Å². The van der Waals surface area contributed by atoms with Crippen molar-refractivity contribution >= 4 is 18.6 Å². The third-order valence-corrected chi connectivity index (χ3v) is 0.895. The summed E-state index contributed by atoms with van der Waals surface area (Å²) >= 11 is 3.69. The Morgan fingerprint density at radius 1 is 1.67 bits per heavy atom. The lowest BCUT2D eigenvalue weighted by atomic mass is 10.8. The molecule has 0 saturated heterocycles. The lowest BCUT2D eigenvalue weighted by Crippen LogP contribution is -2.08. The van der Waals surface area contributed by atoms with Gasteiger partial charge in [-0.2, -0.15) is 12.6 Å². The highest BCUT2D eigenvalue weighted by Crippen LogP contribution is 1.82. The van der Waals surface area contributed by atoms with Crippen LogP contribution in [-0.2, 0) is 14.3 Å². The molecule has 0 aliphatic heterocycles. The number of thiol groups is 1. The summed E-state index contributed by atoms with van der Waals surface area (Å²) in [5, 5.41) is 0. The number of ether oxygens (including phenoxy) is 2. The summed E-state index contributed by atoms with van der Waals surface area (Å²) in [7, 11) is 0. The van der Waals surface area contributed by atoms with Gasteiger partial charge in [0, 0.05) is 6.61 Å². The molecule has 0 bridgehead atoms. The van der Waals surface area contributed by atoms with Crippen LogP contribution in [0.3, 0.4) is 0 Å². The van der Waals surface area contributed by atoms with Crippen LogP contribution in [0.2, 0.25) is 0 Å². The van der Waals surface area contributed by atoms with E-state index >= 15 is 0 Å². The van der Waals surface area contributed by atoms with Gasteiger partial charge < -0.3 is 9.47 Å². The second-order valence-electron chi connectivity index (χ2n) is 1.29. The lowest BCUT2D eigenvalue weighted by Gasteiger charge is -2.00. The van der Waals surface area contributed by atoms with Gasteiger partial charge >= 0.3 is 5.97 Å². The quantitative estimate of drug-likeness (QED) is 0.273. The summed E-state index contributed by atoms with van der Waals surface area (Å²) in [5.41, 5.74) is 0. The molecule has 0 unspecified atom stereocenters. The molecular formula is C5H10O3S. The molecule has 0 atom stereocenters. The van der Waals surface area contributed by atoms with E-state index in [9.17, 15) is 4.79 Å². The minimum atomic E-state index is -0.355. The molecule has 0 rings (SSSR count). The first-order chi connectivity index (χ1) is 4.31. The Hall–Kier alpha value is -0.220. The molecule has 0 fully saturated rings. The Balaban J connectivity index is 2.97. The Morgan fingerprint density at radius 3 is 2.78 bits per heavy atom. The number of carbonyl (C=O) groups is 1. The molecule has 0 aliphatic carbocycles. The zero-order valence-corrected chi connectivity index (χ0v) is 6.19. The molecule has 0 heterocycles. The number of hydrogen-bond donors (Lipinski definition) is 1. The minimum absolute atomic E-state index is 0.0376. The van der Waals surface area contributed by atoms with Gasteiger partial charge in [0.25, 0.3) is 0 Å². The molecule has 0 radical (unpaired) electrons. The molecule has 0 aromatic heterocycles. The molecule has 0 aromatic rings. The third-order valence-electron chi connectivity index (χ3n) is 0.636. The van der Waals surface area contributed by atoms with E-state index in [2.05, 4.69) is 17.4 Å². The fourth-order valence-corrected chi connectivity index (χ4v) is 0.328. The smallest absolute Gasteiger partial charge is 0.317 e. The molecule has 0 spiro atoms. The van der Waals surface area contributed by atoms with E-state index in [1.165, 1.54) is 0 Å². The van der Waals surface area contributed by atoms with Crippen molar-refractivity contribution in [3.05, 3.63) is 0 Å². The standard InChI is InChI=1S/C5H10O3S/c1-2-7-4-8-5(6)3-9/h9H,2-4H2,1H3. The second kappa shape index (κ2) is 5.91. The van der Waals surface area contributed by atoms with Crippen LogP contribution in [0, 0.1) is 0 Å². The highest BCUT2D eigenvalue weighted by molar-refractivity contribution is 7.81. The monoisotopic (exact) mass is 150 g/mol. The molecule has 4 heteroatoms. The van der Waals surface area contributed by atoms with Gasteiger partial charge in [-0.25, -0.2) is 0 Å². The zero-order chi connectivity index (χ0) is 7.11. The first-order valence-corrected chi connectivity index (χ1v) is 3.28. The van der Waals surface area contributed by atoms with E-state index in [1.54, 1.807) is 0 Å². The molecular weight excluding hydrogens is 140 g/mol. The maximum atomic E-state index is 10.3. The molecule has 0 amide bonds. The molecule has 3 nitrogen and oxygen atoms in total. The van der Waals surface area contributed by atoms with Crippen LogP contribution in [0.5, 0.6) is 0 Å². The predicted molar refractivity (Wildman–Crippen MR) is 36.4 cm³/mol. The highest BCUT2D eigenvalue weighted by Gasteiger charge is 1.95. The summed E-state index contributed by atoms with van der Waals surface area (Å²) in [6, 6.07) is 0. The summed E-state index contributed by atoms with van der Waals surface area (Å²) in [5.74, 6) is -0.251. The summed E-state index contributed by atoms with van der Waals surface area (Å²) in [4.78, 5) is 10.3. The molecule has 9 heavy (non-hydrogen) atoms. The van der Waals surface area contributed by atoms with Gasteiger partial charge in [-0.3, -0.25) is 4.79 Å². The SMILES string of the molecule is CCOCOC(=O)CS. The van der Waals surface area contributed by atoms with E-state index in [0.29, 0.717) is 6.61 Å². The Labute approximate surface area is 59.7 Å². The van der Waals surface area contributed by atoms with E-state index in [4.69, 9.17) is 4.74 Å². The normalized spacial score (nSPS) is 9.11. The number of rotatable bonds is 4. The first-order valence-electron chi connectivity index (χ1n) is 2.65. The van der Waals surface area contributed by atoms with Crippen molar-refractivity contribution in [1.82, 2.24) is 0 Å². The van der Waals surface area contributed by atoms with Crippen LogP contribution < -0.4 is 0 Å². The molecule has 0 N–H and O–H groups in total. The van der Waals surface area contributed by atoms with Crippen LogP contribution in [0.1, 0.15) is 6.92 Å². The first kappa shape index (κ1) is 8.78. The fraction of sp³-hybridized carbons (Fsp3) is 0.800. The number of esters is 1. The summed E-state index contributed by atoms with van der Waals surface area (Å²) < 4.78 is 9.22. The molecule has 0 aliphatic rings. The number of hydrogen-bond acceptors (Lipinski definition) is 4. The van der Waals surface area contributed by atoms with Crippen molar-refractivity contribution < 1.29 is 14.3 Å². The fourth-order valence-electron chi connectivity index (χ4n) is 0.236. The van der Waals surface area contributed by atoms with Gasteiger partial charge in [-0.05, 0) is 6.92 Å². The minimum Gasteiger partial charge on any atom is -0.438 e. The zero-order valence-electron chi connectivity index (χ0n) is 5.29. The van der Waals surface area contributed by atoms with Crippen molar-refractivity contribution in [2.24, 2.45) is 0 Å². The van der Waals surface area contributed by atoms with E-state index in [0.717, 1.165) is 0 Å². The van der Waals surface area contributed by atoms with Crippen molar-refractivity contribution in [3.63, 3.8) is 0 Å². The molecule has 0 saturated carbocycles. The van der Waals surface area contributed by atoms with Crippen LogP contribution in [0.25, 0.3) is 0 Å². The molecule has 0 aromatic carbocycles. The van der Waals surface area contributed by atoms with Crippen LogP contribution >= 0.6 is 12.6 Å². The molecule has 54 valence electrons. The maximum Gasteiger partial charge on any atom is 0.317 e. The van der Waals surface area contributed by atoms with Crippen LogP contribution in [0.15, 0.2) is 0 Å². The van der Waals surface area contributed by atoms with Crippen molar-refractivity contribution in [3.8, 4) is 0 Å². The van der Waals surface area contributed by atoms with Crippen molar-refractivity contribution in [2.75, 3.05) is 19.2 Å². The topological polar surface area (TPSA) is 35.5 Å². The van der Waals surface area contributed by atoms with Crippen LogP contribution in [0.4, 0.5) is 0 Å². The van der Waals surface area contributed by atoms with Crippen molar-refractivity contribution in [2.45, 2.75) is 6.92 Å². The highest BCUT2D eigenvalue weighted by atomic mass is 32.1. The lowest BCUT2D eigenvalue weighted by molar-refractivity contribution is -0.152. The Bertz CT molecular complexity index is 84.3. The van der Waals surface area contributed by atoms with Crippen molar-refractivity contribution in [1.29, 1.82) is 0 Å². The van der Waals surface area contributed by atoms with Gasteiger partial charge in [0.05, 0.1) is 5.75 Å². The maximum absolute atomic E-state index is 10.3. The van der Waals surface area contributed by atoms with Gasteiger partial charge in [-0.15, -0.1) is 0 Å². The average molecular weight is 150 g/mol.